The maximum absolute atomic E-state index is 12.5. The molecule has 1 N–H and O–H groups in total. The fourth-order valence-electron chi connectivity index (χ4n) is 2.64. The van der Waals surface area contributed by atoms with Crippen molar-refractivity contribution < 1.29 is 27.8 Å². The number of carbonyl (C=O) groups is 2. The molecule has 2 aromatic rings. The molecule has 0 aliphatic heterocycles. The van der Waals surface area contributed by atoms with Gasteiger partial charge in [-0.25, -0.2) is 0 Å². The van der Waals surface area contributed by atoms with Gasteiger partial charge >= 0.3 is 12.6 Å². The molecule has 0 aliphatic carbocycles. The van der Waals surface area contributed by atoms with E-state index in [1.54, 1.807) is 30.3 Å². The second-order valence-corrected chi connectivity index (χ2v) is 6.74. The van der Waals surface area contributed by atoms with Gasteiger partial charge in [-0.1, -0.05) is 49.7 Å². The molecule has 0 radical (unpaired) electrons. The van der Waals surface area contributed by atoms with Gasteiger partial charge in [0.1, 0.15) is 5.75 Å². The fourth-order valence-corrected chi connectivity index (χ4v) is 2.77. The average Bonchev–Trinajstić information content (AvgIpc) is 2.63. The number of para-hydroxylation sites is 2. The van der Waals surface area contributed by atoms with Gasteiger partial charge in [0.25, 0.3) is 5.91 Å². The third kappa shape index (κ3) is 6.20. The van der Waals surface area contributed by atoms with Crippen LogP contribution < -0.4 is 10.1 Å². The van der Waals surface area contributed by atoms with Gasteiger partial charge in [0, 0.05) is 5.02 Å². The minimum atomic E-state index is -3.03. The van der Waals surface area contributed by atoms with Crippen LogP contribution in [0.25, 0.3) is 0 Å². The Hall–Kier alpha value is -2.67. The smallest absolute Gasteiger partial charge is 0.387 e. The number of anilines is 1. The standard InChI is InChI=1S/C20H20ClF2NO4/c1-12(2)18(13-7-9-14(21)10-8-13)19(26)27-11-17(25)24-15-5-3-4-6-16(15)28-20(22)23/h3-10,12,18,20H,11H2,1-2H3,(H,24,25)/t18-/m0/s1. The van der Waals surface area contributed by atoms with E-state index in [0.717, 1.165) is 5.56 Å². The lowest BCUT2D eigenvalue weighted by Crippen LogP contribution is -2.26. The largest absolute Gasteiger partial charge is 0.455 e. The van der Waals surface area contributed by atoms with Gasteiger partial charge in [-0.15, -0.1) is 0 Å². The summed E-state index contributed by atoms with van der Waals surface area (Å²) in [4.78, 5) is 24.6. The van der Waals surface area contributed by atoms with Crippen LogP contribution in [0.5, 0.6) is 5.75 Å². The highest BCUT2D eigenvalue weighted by atomic mass is 35.5. The Morgan fingerprint density at radius 1 is 1.07 bits per heavy atom. The number of nitrogens with one attached hydrogen (secondary N) is 1. The van der Waals surface area contributed by atoms with Crippen molar-refractivity contribution in [2.24, 2.45) is 5.92 Å². The van der Waals surface area contributed by atoms with Crippen molar-refractivity contribution in [2.75, 3.05) is 11.9 Å². The van der Waals surface area contributed by atoms with Crippen molar-refractivity contribution in [3.05, 3.63) is 59.1 Å². The summed E-state index contributed by atoms with van der Waals surface area (Å²) in [6.07, 6.45) is 0. The Kier molecular flexibility index (Phi) is 7.75. The molecule has 150 valence electrons. The lowest BCUT2D eigenvalue weighted by Gasteiger charge is -2.20. The fraction of sp³-hybridized carbons (Fsp3) is 0.300. The second kappa shape index (κ2) is 10.0. The van der Waals surface area contributed by atoms with Crippen LogP contribution in [-0.4, -0.2) is 25.1 Å². The monoisotopic (exact) mass is 411 g/mol. The van der Waals surface area contributed by atoms with Crippen LogP contribution in [0.2, 0.25) is 5.02 Å². The third-order valence-electron chi connectivity index (χ3n) is 3.87. The number of rotatable bonds is 8. The van der Waals surface area contributed by atoms with Gasteiger partial charge < -0.3 is 14.8 Å². The minimum absolute atomic E-state index is 0.0574. The second-order valence-electron chi connectivity index (χ2n) is 6.30. The topological polar surface area (TPSA) is 64.6 Å². The molecule has 2 aromatic carbocycles. The number of amides is 1. The molecule has 2 rings (SSSR count). The molecule has 0 bridgehead atoms. The SMILES string of the molecule is CC(C)[C@H](C(=O)OCC(=O)Nc1ccccc1OC(F)F)c1ccc(Cl)cc1. The zero-order valence-electron chi connectivity index (χ0n) is 15.3. The predicted molar refractivity (Wildman–Crippen MR) is 102 cm³/mol. The lowest BCUT2D eigenvalue weighted by atomic mass is 9.88. The summed E-state index contributed by atoms with van der Waals surface area (Å²) in [7, 11) is 0. The highest BCUT2D eigenvalue weighted by Gasteiger charge is 2.26. The van der Waals surface area contributed by atoms with Crippen molar-refractivity contribution in [3.63, 3.8) is 0 Å². The first kappa shape index (κ1) is 21.6. The molecule has 0 aromatic heterocycles. The first-order chi connectivity index (χ1) is 13.3. The van der Waals surface area contributed by atoms with E-state index < -0.39 is 31.0 Å². The van der Waals surface area contributed by atoms with Crippen LogP contribution in [0.15, 0.2) is 48.5 Å². The van der Waals surface area contributed by atoms with Gasteiger partial charge in [0.2, 0.25) is 0 Å². The molecule has 0 spiro atoms. The van der Waals surface area contributed by atoms with Crippen molar-refractivity contribution in [3.8, 4) is 5.75 Å². The normalized spacial score (nSPS) is 12.0. The number of carbonyl (C=O) groups excluding carboxylic acids is 2. The summed E-state index contributed by atoms with van der Waals surface area (Å²) in [6, 6.07) is 12.5. The first-order valence-corrected chi connectivity index (χ1v) is 8.91. The zero-order valence-corrected chi connectivity index (χ0v) is 16.1. The highest BCUT2D eigenvalue weighted by molar-refractivity contribution is 6.30. The van der Waals surface area contributed by atoms with Gasteiger partial charge in [-0.3, -0.25) is 9.59 Å². The summed E-state index contributed by atoms with van der Waals surface area (Å²) in [6.45, 7) is 0.137. The summed E-state index contributed by atoms with van der Waals surface area (Å²) in [5, 5.41) is 2.94. The van der Waals surface area contributed by atoms with Crippen LogP contribution in [0.4, 0.5) is 14.5 Å². The molecule has 5 nitrogen and oxygen atoms in total. The van der Waals surface area contributed by atoms with Gasteiger partial charge in [-0.2, -0.15) is 8.78 Å². The van der Waals surface area contributed by atoms with E-state index in [4.69, 9.17) is 16.3 Å². The summed E-state index contributed by atoms with van der Waals surface area (Å²) in [5.41, 5.74) is 0.780. The Bertz CT molecular complexity index is 812. The van der Waals surface area contributed by atoms with Crippen LogP contribution in [0.3, 0.4) is 0 Å². The first-order valence-electron chi connectivity index (χ1n) is 8.53. The Morgan fingerprint density at radius 3 is 2.32 bits per heavy atom. The van der Waals surface area contributed by atoms with E-state index in [9.17, 15) is 18.4 Å². The molecule has 0 saturated carbocycles. The van der Waals surface area contributed by atoms with E-state index >= 15 is 0 Å². The molecule has 1 amide bonds. The Morgan fingerprint density at radius 2 is 1.71 bits per heavy atom. The maximum Gasteiger partial charge on any atom is 0.387 e. The summed E-state index contributed by atoms with van der Waals surface area (Å²) >= 11 is 5.87. The Balaban J connectivity index is 1.99. The number of halogens is 3. The van der Waals surface area contributed by atoms with Crippen molar-refractivity contribution >= 4 is 29.2 Å². The number of esters is 1. The van der Waals surface area contributed by atoms with Crippen molar-refractivity contribution in [2.45, 2.75) is 26.4 Å². The van der Waals surface area contributed by atoms with Gasteiger partial charge in [-0.05, 0) is 35.7 Å². The van der Waals surface area contributed by atoms with E-state index in [1.807, 2.05) is 13.8 Å². The lowest BCUT2D eigenvalue weighted by molar-refractivity contribution is -0.149. The van der Waals surface area contributed by atoms with Crippen LogP contribution in [0.1, 0.15) is 25.3 Å². The molecular weight excluding hydrogens is 392 g/mol. The summed E-state index contributed by atoms with van der Waals surface area (Å²) in [5.74, 6) is -2.06. The molecule has 0 aliphatic rings. The van der Waals surface area contributed by atoms with Crippen LogP contribution in [-0.2, 0) is 14.3 Å². The molecule has 8 heteroatoms. The van der Waals surface area contributed by atoms with Crippen molar-refractivity contribution in [1.29, 1.82) is 0 Å². The number of alkyl halides is 2. The molecule has 1 atom stereocenters. The number of hydrogen-bond acceptors (Lipinski definition) is 4. The van der Waals surface area contributed by atoms with Gasteiger partial charge in [0.05, 0.1) is 11.6 Å². The number of benzene rings is 2. The van der Waals surface area contributed by atoms with Crippen molar-refractivity contribution in [1.82, 2.24) is 0 Å². The number of ether oxygens (including phenoxy) is 2. The predicted octanol–water partition coefficient (Wildman–Crippen LogP) is 4.86. The summed E-state index contributed by atoms with van der Waals surface area (Å²) < 4.78 is 34.3. The van der Waals surface area contributed by atoms with E-state index in [-0.39, 0.29) is 17.4 Å². The highest BCUT2D eigenvalue weighted by Crippen LogP contribution is 2.28. The molecule has 28 heavy (non-hydrogen) atoms. The van der Waals surface area contributed by atoms with E-state index in [1.165, 1.54) is 18.2 Å². The van der Waals surface area contributed by atoms with E-state index in [0.29, 0.717) is 5.02 Å². The Labute approximate surface area is 166 Å². The molecular formula is C20H20ClF2NO4. The van der Waals surface area contributed by atoms with Crippen LogP contribution >= 0.6 is 11.6 Å². The molecule has 0 fully saturated rings. The molecule has 0 heterocycles. The van der Waals surface area contributed by atoms with E-state index in [2.05, 4.69) is 10.1 Å². The third-order valence-corrected chi connectivity index (χ3v) is 4.12. The maximum atomic E-state index is 12.5. The molecule has 0 saturated heterocycles. The number of hydrogen-bond donors (Lipinski definition) is 1. The zero-order chi connectivity index (χ0) is 20.7. The quantitative estimate of drug-likeness (QED) is 0.630. The van der Waals surface area contributed by atoms with Crippen LogP contribution in [0, 0.1) is 5.92 Å². The van der Waals surface area contributed by atoms with Gasteiger partial charge in [0.15, 0.2) is 6.61 Å². The average molecular weight is 412 g/mol. The minimum Gasteiger partial charge on any atom is -0.455 e. The molecule has 0 unspecified atom stereocenters.